The highest BCUT2D eigenvalue weighted by Crippen LogP contribution is 2.44. The Morgan fingerprint density at radius 3 is 2.29 bits per heavy atom. The summed E-state index contributed by atoms with van der Waals surface area (Å²) in [5.74, 6) is -0.612. The number of carboxylic acid groups (broad SMARTS) is 1. The van der Waals surface area contributed by atoms with Crippen molar-refractivity contribution in [3.05, 3.63) is 0 Å². The van der Waals surface area contributed by atoms with E-state index in [9.17, 15) is 9.59 Å². The zero-order chi connectivity index (χ0) is 14.6. The first-order valence-corrected chi connectivity index (χ1v) is 7.69. The van der Waals surface area contributed by atoms with Gasteiger partial charge in [-0.15, -0.1) is 12.4 Å². The molecule has 0 radical (unpaired) electrons. The van der Waals surface area contributed by atoms with Crippen molar-refractivity contribution in [1.29, 1.82) is 0 Å². The average Bonchev–Trinajstić information content (AvgIpc) is 2.68. The summed E-state index contributed by atoms with van der Waals surface area (Å²) in [5.41, 5.74) is -0.277. The van der Waals surface area contributed by atoms with Crippen molar-refractivity contribution in [2.24, 2.45) is 5.41 Å². The van der Waals surface area contributed by atoms with Gasteiger partial charge in [-0.1, -0.05) is 12.8 Å². The minimum atomic E-state index is -0.768. The standard InChI is InChI=1S/C15H26N2O3.ClH/c1-16-7-4-8-17(10-9-16)13(18)11-15(12-14(19)20)5-2-3-6-15;/h2-12H2,1H3,(H,19,20);1H. The van der Waals surface area contributed by atoms with Gasteiger partial charge in [0.05, 0.1) is 6.42 Å². The first-order chi connectivity index (χ1) is 9.51. The number of halogens is 1. The molecule has 0 aromatic heterocycles. The molecule has 1 aliphatic heterocycles. The van der Waals surface area contributed by atoms with Crippen molar-refractivity contribution in [2.45, 2.75) is 44.9 Å². The van der Waals surface area contributed by atoms with E-state index in [4.69, 9.17) is 5.11 Å². The average molecular weight is 319 g/mol. The third kappa shape index (κ3) is 5.15. The maximum atomic E-state index is 12.5. The molecule has 1 saturated carbocycles. The van der Waals surface area contributed by atoms with Crippen LogP contribution in [-0.2, 0) is 9.59 Å². The van der Waals surface area contributed by atoms with Gasteiger partial charge in [0.25, 0.3) is 0 Å². The van der Waals surface area contributed by atoms with Crippen molar-refractivity contribution in [2.75, 3.05) is 33.2 Å². The van der Waals surface area contributed by atoms with Crippen LogP contribution in [0.15, 0.2) is 0 Å². The number of hydrogen-bond acceptors (Lipinski definition) is 3. The topological polar surface area (TPSA) is 60.9 Å². The van der Waals surface area contributed by atoms with E-state index in [-0.39, 0.29) is 30.2 Å². The van der Waals surface area contributed by atoms with Gasteiger partial charge in [0.1, 0.15) is 0 Å². The van der Waals surface area contributed by atoms with Gasteiger partial charge in [-0.2, -0.15) is 0 Å². The number of nitrogens with zero attached hydrogens (tertiary/aromatic N) is 2. The van der Waals surface area contributed by atoms with Crippen LogP contribution in [0.4, 0.5) is 0 Å². The Kier molecular flexibility index (Phi) is 6.94. The monoisotopic (exact) mass is 318 g/mol. The molecule has 21 heavy (non-hydrogen) atoms. The summed E-state index contributed by atoms with van der Waals surface area (Å²) in [5, 5.41) is 9.11. The first-order valence-electron chi connectivity index (χ1n) is 7.69. The lowest BCUT2D eigenvalue weighted by molar-refractivity contribution is -0.141. The van der Waals surface area contributed by atoms with E-state index in [1.165, 1.54) is 0 Å². The Labute approximate surface area is 133 Å². The van der Waals surface area contributed by atoms with Crippen LogP contribution in [-0.4, -0.2) is 60.0 Å². The molecule has 0 aromatic carbocycles. The third-order valence-electron chi connectivity index (χ3n) is 4.79. The molecule has 1 aliphatic carbocycles. The van der Waals surface area contributed by atoms with E-state index in [1.807, 2.05) is 4.90 Å². The quantitative estimate of drug-likeness (QED) is 0.861. The molecule has 0 bridgehead atoms. The normalized spacial score (nSPS) is 22.4. The molecule has 2 rings (SSSR count). The zero-order valence-corrected chi connectivity index (χ0v) is 13.7. The lowest BCUT2D eigenvalue weighted by Crippen LogP contribution is -2.38. The van der Waals surface area contributed by atoms with Crippen LogP contribution in [0.25, 0.3) is 0 Å². The van der Waals surface area contributed by atoms with E-state index in [0.29, 0.717) is 6.42 Å². The van der Waals surface area contributed by atoms with Crippen LogP contribution in [0, 0.1) is 5.41 Å². The van der Waals surface area contributed by atoms with Crippen molar-refractivity contribution in [3.8, 4) is 0 Å². The summed E-state index contributed by atoms with van der Waals surface area (Å²) < 4.78 is 0. The van der Waals surface area contributed by atoms with Gasteiger partial charge in [-0.25, -0.2) is 0 Å². The fraction of sp³-hybridized carbons (Fsp3) is 0.867. The first kappa shape index (κ1) is 18.2. The van der Waals surface area contributed by atoms with Gasteiger partial charge in [0.15, 0.2) is 0 Å². The van der Waals surface area contributed by atoms with Crippen LogP contribution in [0.1, 0.15) is 44.9 Å². The van der Waals surface area contributed by atoms with E-state index in [1.54, 1.807) is 0 Å². The van der Waals surface area contributed by atoms with Crippen molar-refractivity contribution < 1.29 is 14.7 Å². The highest BCUT2D eigenvalue weighted by atomic mass is 35.5. The Morgan fingerprint density at radius 1 is 1.00 bits per heavy atom. The lowest BCUT2D eigenvalue weighted by Gasteiger charge is -2.30. The third-order valence-corrected chi connectivity index (χ3v) is 4.79. The van der Waals surface area contributed by atoms with Gasteiger partial charge < -0.3 is 14.9 Å². The largest absolute Gasteiger partial charge is 0.481 e. The summed E-state index contributed by atoms with van der Waals surface area (Å²) in [4.78, 5) is 27.8. The summed E-state index contributed by atoms with van der Waals surface area (Å²) in [6, 6.07) is 0. The molecule has 1 saturated heterocycles. The van der Waals surface area contributed by atoms with E-state index in [0.717, 1.165) is 58.3 Å². The molecule has 122 valence electrons. The van der Waals surface area contributed by atoms with E-state index < -0.39 is 5.97 Å². The number of rotatable bonds is 4. The Hall–Kier alpha value is -0.810. The van der Waals surface area contributed by atoms with Crippen LogP contribution in [0.2, 0.25) is 0 Å². The van der Waals surface area contributed by atoms with Gasteiger partial charge >= 0.3 is 5.97 Å². The second-order valence-electron chi connectivity index (χ2n) is 6.49. The second-order valence-corrected chi connectivity index (χ2v) is 6.49. The Morgan fingerprint density at radius 2 is 1.67 bits per heavy atom. The summed E-state index contributed by atoms with van der Waals surface area (Å²) in [6.45, 7) is 3.53. The van der Waals surface area contributed by atoms with Crippen molar-refractivity contribution in [1.82, 2.24) is 9.80 Å². The minimum Gasteiger partial charge on any atom is -0.481 e. The SMILES string of the molecule is CN1CCCN(C(=O)CC2(CC(=O)O)CCCC2)CC1.Cl. The molecule has 2 fully saturated rings. The van der Waals surface area contributed by atoms with Crippen LogP contribution in [0.5, 0.6) is 0 Å². The van der Waals surface area contributed by atoms with Crippen LogP contribution >= 0.6 is 12.4 Å². The number of amides is 1. The summed E-state index contributed by atoms with van der Waals surface area (Å²) in [7, 11) is 2.08. The predicted molar refractivity (Wildman–Crippen MR) is 83.7 cm³/mol. The fourth-order valence-corrected chi connectivity index (χ4v) is 3.59. The van der Waals surface area contributed by atoms with Gasteiger partial charge in [0, 0.05) is 26.1 Å². The summed E-state index contributed by atoms with van der Waals surface area (Å²) in [6.07, 6.45) is 5.47. The smallest absolute Gasteiger partial charge is 0.303 e. The highest BCUT2D eigenvalue weighted by molar-refractivity contribution is 5.85. The molecule has 0 spiro atoms. The Balaban J connectivity index is 0.00000220. The zero-order valence-electron chi connectivity index (χ0n) is 12.8. The molecule has 1 N–H and O–H groups in total. The molecule has 6 heteroatoms. The number of hydrogen-bond donors (Lipinski definition) is 1. The van der Waals surface area contributed by atoms with Crippen LogP contribution < -0.4 is 0 Å². The molecule has 0 aromatic rings. The maximum absolute atomic E-state index is 12.5. The maximum Gasteiger partial charge on any atom is 0.303 e. The molecule has 5 nitrogen and oxygen atoms in total. The fourth-order valence-electron chi connectivity index (χ4n) is 3.59. The second kappa shape index (κ2) is 7.99. The molecule has 2 aliphatic rings. The van der Waals surface area contributed by atoms with Gasteiger partial charge in [-0.3, -0.25) is 9.59 Å². The van der Waals surface area contributed by atoms with E-state index in [2.05, 4.69) is 11.9 Å². The summed E-state index contributed by atoms with van der Waals surface area (Å²) >= 11 is 0. The Bertz CT molecular complexity index is 370. The van der Waals surface area contributed by atoms with Crippen LogP contribution in [0.3, 0.4) is 0 Å². The minimum absolute atomic E-state index is 0. The molecule has 0 atom stereocenters. The van der Waals surface area contributed by atoms with Crippen molar-refractivity contribution in [3.63, 3.8) is 0 Å². The molecular formula is C15H27ClN2O3. The van der Waals surface area contributed by atoms with Gasteiger partial charge in [0.2, 0.25) is 5.91 Å². The molecule has 1 amide bonds. The molecule has 1 heterocycles. The number of carbonyl (C=O) groups excluding carboxylic acids is 1. The molecular weight excluding hydrogens is 292 g/mol. The number of carboxylic acids is 1. The van der Waals surface area contributed by atoms with Crippen molar-refractivity contribution >= 4 is 24.3 Å². The lowest BCUT2D eigenvalue weighted by atomic mass is 9.79. The molecule has 0 unspecified atom stereocenters. The number of aliphatic carboxylic acids is 1. The van der Waals surface area contributed by atoms with E-state index >= 15 is 0 Å². The highest BCUT2D eigenvalue weighted by Gasteiger charge is 2.39. The number of likely N-dealkylation sites (N-methyl/N-ethyl adjacent to an activating group) is 1. The number of carbonyl (C=O) groups is 2. The van der Waals surface area contributed by atoms with Gasteiger partial charge in [-0.05, 0) is 38.3 Å². The predicted octanol–water partition coefficient (Wildman–Crippen LogP) is 2.00.